The van der Waals surface area contributed by atoms with Gasteiger partial charge in [-0.15, -0.1) is 0 Å². The zero-order valence-corrected chi connectivity index (χ0v) is 5.30. The van der Waals surface area contributed by atoms with Gasteiger partial charge in [-0.2, -0.15) is 0 Å². The third-order valence-electron chi connectivity index (χ3n) is 1.73. The fraction of sp³-hybridized carbons (Fsp3) is 0.714. The van der Waals surface area contributed by atoms with Crippen LogP contribution in [0.5, 0.6) is 0 Å². The maximum atomic E-state index is 5.61. The van der Waals surface area contributed by atoms with Crippen LogP contribution in [0.2, 0.25) is 0 Å². The molecule has 46 valence electrons. The van der Waals surface area contributed by atoms with Crippen LogP contribution in [-0.4, -0.2) is 6.04 Å². The molecule has 8 heavy (non-hydrogen) atoms. The predicted octanol–water partition coefficient (Wildman–Crippen LogP) is 1.30. The van der Waals surface area contributed by atoms with Crippen LogP contribution in [0.1, 0.15) is 19.8 Å². The lowest BCUT2D eigenvalue weighted by Gasteiger charge is -2.02. The van der Waals surface area contributed by atoms with E-state index in [0.717, 1.165) is 12.3 Å². The van der Waals surface area contributed by atoms with Crippen LogP contribution < -0.4 is 5.73 Å². The van der Waals surface area contributed by atoms with Crippen molar-refractivity contribution in [1.82, 2.24) is 0 Å². The van der Waals surface area contributed by atoms with Crippen molar-refractivity contribution in [2.24, 2.45) is 11.7 Å². The summed E-state index contributed by atoms with van der Waals surface area (Å²) in [5.74, 6) is 0.769. The van der Waals surface area contributed by atoms with E-state index in [1.165, 1.54) is 6.42 Å². The average molecular weight is 111 g/mol. The second-order valence-electron chi connectivity index (χ2n) is 2.45. The van der Waals surface area contributed by atoms with Crippen molar-refractivity contribution in [3.05, 3.63) is 12.2 Å². The van der Waals surface area contributed by atoms with E-state index < -0.39 is 0 Å². The zero-order chi connectivity index (χ0) is 5.98. The van der Waals surface area contributed by atoms with Gasteiger partial charge in [0.25, 0.3) is 0 Å². The van der Waals surface area contributed by atoms with E-state index in [9.17, 15) is 0 Å². The molecule has 0 amide bonds. The van der Waals surface area contributed by atoms with Crippen LogP contribution in [0.25, 0.3) is 0 Å². The first kappa shape index (κ1) is 5.83. The van der Waals surface area contributed by atoms with E-state index in [4.69, 9.17) is 5.73 Å². The molecule has 0 saturated carbocycles. The summed E-state index contributed by atoms with van der Waals surface area (Å²) in [7, 11) is 0. The van der Waals surface area contributed by atoms with Gasteiger partial charge in [0.05, 0.1) is 0 Å². The third-order valence-corrected chi connectivity index (χ3v) is 1.73. The van der Waals surface area contributed by atoms with Gasteiger partial charge in [-0.3, -0.25) is 0 Å². The molecule has 0 fully saturated rings. The standard InChI is InChI=1S/C7H13N/c1-2-6-3-4-7(8)5-6/h3-4,6-7H,2,5,8H2,1H3. The Kier molecular flexibility index (Phi) is 1.69. The molecule has 2 N–H and O–H groups in total. The maximum Gasteiger partial charge on any atom is 0.0229 e. The summed E-state index contributed by atoms with van der Waals surface area (Å²) in [6.07, 6.45) is 6.74. The smallest absolute Gasteiger partial charge is 0.0229 e. The summed E-state index contributed by atoms with van der Waals surface area (Å²) in [5, 5.41) is 0. The van der Waals surface area contributed by atoms with Gasteiger partial charge < -0.3 is 5.73 Å². The van der Waals surface area contributed by atoms with E-state index in [1.807, 2.05) is 0 Å². The molecule has 1 heteroatoms. The molecule has 0 aromatic carbocycles. The summed E-state index contributed by atoms with van der Waals surface area (Å²) in [6, 6.07) is 0.347. The number of allylic oxidation sites excluding steroid dienone is 1. The van der Waals surface area contributed by atoms with Crippen molar-refractivity contribution in [2.75, 3.05) is 0 Å². The van der Waals surface area contributed by atoms with Crippen LogP contribution in [-0.2, 0) is 0 Å². The minimum absolute atomic E-state index is 0.347. The summed E-state index contributed by atoms with van der Waals surface area (Å²) in [5.41, 5.74) is 5.61. The maximum absolute atomic E-state index is 5.61. The Hall–Kier alpha value is -0.300. The Balaban J connectivity index is 2.34. The molecular formula is C7H13N. The summed E-state index contributed by atoms with van der Waals surface area (Å²) in [6.45, 7) is 2.20. The van der Waals surface area contributed by atoms with E-state index >= 15 is 0 Å². The lowest BCUT2D eigenvalue weighted by atomic mass is 10.1. The van der Waals surface area contributed by atoms with Crippen molar-refractivity contribution in [2.45, 2.75) is 25.8 Å². The number of hydrogen-bond donors (Lipinski definition) is 1. The van der Waals surface area contributed by atoms with Gasteiger partial charge in [-0.05, 0) is 18.8 Å². The summed E-state index contributed by atoms with van der Waals surface area (Å²) < 4.78 is 0. The topological polar surface area (TPSA) is 26.0 Å². The Bertz CT molecular complexity index is 96.6. The highest BCUT2D eigenvalue weighted by Gasteiger charge is 2.12. The number of hydrogen-bond acceptors (Lipinski definition) is 1. The summed E-state index contributed by atoms with van der Waals surface area (Å²) >= 11 is 0. The zero-order valence-electron chi connectivity index (χ0n) is 5.30. The Labute approximate surface area is 50.6 Å². The van der Waals surface area contributed by atoms with Gasteiger partial charge in [0.15, 0.2) is 0 Å². The quantitative estimate of drug-likeness (QED) is 0.507. The molecule has 2 atom stereocenters. The molecular weight excluding hydrogens is 98.1 g/mol. The molecule has 1 rings (SSSR count). The Morgan fingerprint density at radius 1 is 1.62 bits per heavy atom. The van der Waals surface area contributed by atoms with Gasteiger partial charge in [0.2, 0.25) is 0 Å². The molecule has 0 radical (unpaired) electrons. The molecule has 0 heterocycles. The van der Waals surface area contributed by atoms with Crippen LogP contribution in [0.4, 0.5) is 0 Å². The molecule has 2 unspecified atom stereocenters. The van der Waals surface area contributed by atoms with E-state index in [1.54, 1.807) is 0 Å². The molecule has 0 aliphatic heterocycles. The molecule has 0 saturated heterocycles. The number of nitrogens with two attached hydrogens (primary N) is 1. The second kappa shape index (κ2) is 2.31. The summed E-state index contributed by atoms with van der Waals surface area (Å²) in [4.78, 5) is 0. The van der Waals surface area contributed by atoms with Gasteiger partial charge in [0.1, 0.15) is 0 Å². The van der Waals surface area contributed by atoms with Crippen LogP contribution in [0, 0.1) is 5.92 Å². The van der Waals surface area contributed by atoms with Gasteiger partial charge in [-0.25, -0.2) is 0 Å². The van der Waals surface area contributed by atoms with Crippen molar-refractivity contribution in [3.8, 4) is 0 Å². The highest BCUT2D eigenvalue weighted by atomic mass is 14.6. The molecule has 0 aromatic heterocycles. The van der Waals surface area contributed by atoms with Crippen LogP contribution in [0.3, 0.4) is 0 Å². The monoisotopic (exact) mass is 111 g/mol. The minimum atomic E-state index is 0.347. The van der Waals surface area contributed by atoms with E-state index in [-0.39, 0.29) is 0 Å². The normalized spacial score (nSPS) is 36.2. The van der Waals surface area contributed by atoms with Crippen molar-refractivity contribution < 1.29 is 0 Å². The van der Waals surface area contributed by atoms with Gasteiger partial charge >= 0.3 is 0 Å². The molecule has 0 spiro atoms. The lowest BCUT2D eigenvalue weighted by Crippen LogP contribution is -2.14. The van der Waals surface area contributed by atoms with Crippen molar-refractivity contribution in [3.63, 3.8) is 0 Å². The molecule has 1 aliphatic carbocycles. The Morgan fingerprint density at radius 3 is 2.62 bits per heavy atom. The van der Waals surface area contributed by atoms with E-state index in [0.29, 0.717) is 6.04 Å². The molecule has 0 bridgehead atoms. The van der Waals surface area contributed by atoms with E-state index in [2.05, 4.69) is 19.1 Å². The fourth-order valence-electron chi connectivity index (χ4n) is 1.11. The average Bonchev–Trinajstić information content (AvgIpc) is 2.14. The number of rotatable bonds is 1. The first-order chi connectivity index (χ1) is 3.83. The van der Waals surface area contributed by atoms with Crippen LogP contribution >= 0.6 is 0 Å². The third kappa shape index (κ3) is 1.10. The van der Waals surface area contributed by atoms with Gasteiger partial charge in [-0.1, -0.05) is 19.1 Å². The highest BCUT2D eigenvalue weighted by Crippen LogP contribution is 2.18. The largest absolute Gasteiger partial charge is 0.324 e. The molecule has 0 aromatic rings. The fourth-order valence-corrected chi connectivity index (χ4v) is 1.11. The Morgan fingerprint density at radius 2 is 2.38 bits per heavy atom. The van der Waals surface area contributed by atoms with Gasteiger partial charge in [0, 0.05) is 6.04 Å². The first-order valence-electron chi connectivity index (χ1n) is 3.27. The highest BCUT2D eigenvalue weighted by molar-refractivity contribution is 5.03. The van der Waals surface area contributed by atoms with Crippen LogP contribution in [0.15, 0.2) is 12.2 Å². The first-order valence-corrected chi connectivity index (χ1v) is 3.27. The SMILES string of the molecule is CCC1C=CC(N)C1. The minimum Gasteiger partial charge on any atom is -0.324 e. The predicted molar refractivity (Wildman–Crippen MR) is 35.5 cm³/mol. The van der Waals surface area contributed by atoms with Crippen molar-refractivity contribution in [1.29, 1.82) is 0 Å². The molecule has 1 nitrogen and oxygen atoms in total. The van der Waals surface area contributed by atoms with Crippen molar-refractivity contribution >= 4 is 0 Å². The second-order valence-corrected chi connectivity index (χ2v) is 2.45. The lowest BCUT2D eigenvalue weighted by molar-refractivity contribution is 0.575. The molecule has 1 aliphatic rings.